The highest BCUT2D eigenvalue weighted by molar-refractivity contribution is 5.82. The molecule has 3 atom stereocenters. The molecular weight excluding hydrogens is 300 g/mol. The van der Waals surface area contributed by atoms with E-state index >= 15 is 0 Å². The second kappa shape index (κ2) is 5.67. The van der Waals surface area contributed by atoms with Crippen LogP contribution in [0.25, 0.3) is 0 Å². The maximum absolute atomic E-state index is 13.5. The van der Waals surface area contributed by atoms with Crippen LogP contribution in [0.3, 0.4) is 0 Å². The Kier molecular flexibility index (Phi) is 3.64. The molecule has 6 heteroatoms. The number of hydrazone groups is 1. The van der Waals surface area contributed by atoms with Gasteiger partial charge in [0.25, 0.3) is 0 Å². The van der Waals surface area contributed by atoms with Crippen LogP contribution in [-0.2, 0) is 4.79 Å². The van der Waals surface area contributed by atoms with Gasteiger partial charge in [0.1, 0.15) is 11.6 Å². The minimum absolute atomic E-state index is 0.0113. The van der Waals surface area contributed by atoms with E-state index in [-0.39, 0.29) is 11.8 Å². The Morgan fingerprint density at radius 2 is 1.78 bits per heavy atom. The van der Waals surface area contributed by atoms with Crippen LogP contribution in [0, 0.1) is 29.4 Å². The Morgan fingerprint density at radius 1 is 1.13 bits per heavy atom. The van der Waals surface area contributed by atoms with Crippen molar-refractivity contribution in [2.45, 2.75) is 25.3 Å². The summed E-state index contributed by atoms with van der Waals surface area (Å²) in [6, 6.07) is 3.02. The van der Waals surface area contributed by atoms with Crippen LogP contribution in [0.4, 0.5) is 8.78 Å². The first kappa shape index (κ1) is 14.8. The standard InChI is InChI=1S/C17H19F2N3O/c18-14-5-10(6-15(19)7-14)16-1-2-21-22(16)17(23)11-3-12-8-20-9-13(12)4-11/h2,5-7,11-13,16,20H,1,3-4,8-9H2/t12-,13-,16+/m1/s1. The minimum Gasteiger partial charge on any atom is -0.316 e. The van der Waals surface area contributed by atoms with Gasteiger partial charge in [-0.2, -0.15) is 5.10 Å². The zero-order chi connectivity index (χ0) is 16.0. The molecule has 1 saturated carbocycles. The van der Waals surface area contributed by atoms with Gasteiger partial charge in [-0.05, 0) is 55.5 Å². The molecule has 0 aromatic heterocycles. The fraction of sp³-hybridized carbons (Fsp3) is 0.529. The SMILES string of the molecule is O=C(C1C[C@@H]2CNC[C@H]2C1)N1N=CC[C@H]1c1cc(F)cc(F)c1. The number of nitrogens with zero attached hydrogens (tertiary/aromatic N) is 2. The second-order valence-electron chi connectivity index (χ2n) is 6.78. The number of hydrogen-bond donors (Lipinski definition) is 1. The molecule has 0 bridgehead atoms. The molecule has 23 heavy (non-hydrogen) atoms. The number of carbonyl (C=O) groups excluding carboxylic acids is 1. The van der Waals surface area contributed by atoms with Crippen molar-refractivity contribution in [1.82, 2.24) is 10.3 Å². The maximum Gasteiger partial charge on any atom is 0.246 e. The molecule has 1 aromatic rings. The molecular formula is C17H19F2N3O. The number of halogens is 2. The number of carbonyl (C=O) groups is 1. The Balaban J connectivity index is 1.53. The predicted octanol–water partition coefficient (Wildman–Crippen LogP) is 2.47. The van der Waals surface area contributed by atoms with Crippen molar-refractivity contribution in [2.24, 2.45) is 22.9 Å². The number of nitrogens with one attached hydrogen (secondary N) is 1. The molecule has 0 unspecified atom stereocenters. The number of benzene rings is 1. The smallest absolute Gasteiger partial charge is 0.246 e. The molecule has 1 amide bonds. The normalized spacial score (nSPS) is 30.2. The summed E-state index contributed by atoms with van der Waals surface area (Å²) in [6.45, 7) is 1.96. The Bertz CT molecular complexity index is 631. The van der Waals surface area contributed by atoms with E-state index in [0.29, 0.717) is 23.8 Å². The molecule has 122 valence electrons. The van der Waals surface area contributed by atoms with Crippen molar-refractivity contribution in [3.05, 3.63) is 35.4 Å². The van der Waals surface area contributed by atoms with Crippen LogP contribution in [0.15, 0.2) is 23.3 Å². The molecule has 1 aliphatic carbocycles. The van der Waals surface area contributed by atoms with Crippen molar-refractivity contribution < 1.29 is 13.6 Å². The van der Waals surface area contributed by atoms with E-state index in [1.807, 2.05) is 0 Å². The van der Waals surface area contributed by atoms with Crippen molar-refractivity contribution in [3.63, 3.8) is 0 Å². The van der Waals surface area contributed by atoms with Gasteiger partial charge in [0.2, 0.25) is 5.91 Å². The summed E-state index contributed by atoms with van der Waals surface area (Å²) in [4.78, 5) is 12.8. The average Bonchev–Trinajstić information content (AvgIpc) is 3.20. The van der Waals surface area contributed by atoms with Gasteiger partial charge in [-0.3, -0.25) is 4.79 Å². The zero-order valence-corrected chi connectivity index (χ0v) is 12.7. The molecule has 2 heterocycles. The summed E-state index contributed by atoms with van der Waals surface area (Å²) in [7, 11) is 0. The van der Waals surface area contributed by atoms with Crippen molar-refractivity contribution >= 4 is 12.1 Å². The maximum atomic E-state index is 13.5. The first-order valence-electron chi connectivity index (χ1n) is 8.14. The van der Waals surface area contributed by atoms with Crippen molar-refractivity contribution in [3.8, 4) is 0 Å². The highest BCUT2D eigenvalue weighted by Gasteiger charge is 2.43. The molecule has 2 fully saturated rings. The van der Waals surface area contributed by atoms with Gasteiger partial charge >= 0.3 is 0 Å². The molecule has 1 N–H and O–H groups in total. The van der Waals surface area contributed by atoms with Gasteiger partial charge in [0, 0.05) is 24.6 Å². The highest BCUT2D eigenvalue weighted by atomic mass is 19.1. The lowest BCUT2D eigenvalue weighted by Gasteiger charge is -2.25. The summed E-state index contributed by atoms with van der Waals surface area (Å²) in [5.74, 6) is -0.145. The van der Waals surface area contributed by atoms with Crippen LogP contribution in [0.2, 0.25) is 0 Å². The van der Waals surface area contributed by atoms with E-state index in [1.54, 1.807) is 6.21 Å². The van der Waals surface area contributed by atoms with E-state index in [1.165, 1.54) is 17.1 Å². The summed E-state index contributed by atoms with van der Waals surface area (Å²) in [5, 5.41) is 8.99. The van der Waals surface area contributed by atoms with Gasteiger partial charge in [0.05, 0.1) is 6.04 Å². The molecule has 0 radical (unpaired) electrons. The Labute approximate surface area is 133 Å². The van der Waals surface area contributed by atoms with E-state index in [2.05, 4.69) is 10.4 Å². The van der Waals surface area contributed by atoms with Crippen LogP contribution < -0.4 is 5.32 Å². The third-order valence-corrected chi connectivity index (χ3v) is 5.33. The van der Waals surface area contributed by atoms with E-state index in [0.717, 1.165) is 32.0 Å². The zero-order valence-electron chi connectivity index (χ0n) is 12.7. The molecule has 4 rings (SSSR count). The molecule has 0 spiro atoms. The number of amides is 1. The number of fused-ring (bicyclic) bond motifs is 1. The first-order valence-corrected chi connectivity index (χ1v) is 8.14. The lowest BCUT2D eigenvalue weighted by atomic mass is 10.0. The molecule has 4 nitrogen and oxygen atoms in total. The molecule has 1 aromatic carbocycles. The largest absolute Gasteiger partial charge is 0.316 e. The fourth-order valence-corrected chi connectivity index (χ4v) is 4.23. The molecule has 1 saturated heterocycles. The Morgan fingerprint density at radius 3 is 2.43 bits per heavy atom. The van der Waals surface area contributed by atoms with Crippen LogP contribution in [0.1, 0.15) is 30.9 Å². The topological polar surface area (TPSA) is 44.7 Å². The van der Waals surface area contributed by atoms with Gasteiger partial charge < -0.3 is 5.32 Å². The van der Waals surface area contributed by atoms with E-state index in [9.17, 15) is 13.6 Å². The summed E-state index contributed by atoms with van der Waals surface area (Å²) < 4.78 is 27.0. The van der Waals surface area contributed by atoms with Gasteiger partial charge in [-0.1, -0.05) is 0 Å². The summed E-state index contributed by atoms with van der Waals surface area (Å²) >= 11 is 0. The van der Waals surface area contributed by atoms with Crippen LogP contribution in [0.5, 0.6) is 0 Å². The van der Waals surface area contributed by atoms with Crippen molar-refractivity contribution in [1.29, 1.82) is 0 Å². The average molecular weight is 319 g/mol. The van der Waals surface area contributed by atoms with Crippen LogP contribution in [-0.4, -0.2) is 30.2 Å². The number of rotatable bonds is 2. The van der Waals surface area contributed by atoms with E-state index < -0.39 is 17.7 Å². The summed E-state index contributed by atoms with van der Waals surface area (Å²) in [6.07, 6.45) is 3.91. The number of hydrogen-bond acceptors (Lipinski definition) is 3. The van der Waals surface area contributed by atoms with E-state index in [4.69, 9.17) is 0 Å². The molecule has 3 aliphatic rings. The quantitative estimate of drug-likeness (QED) is 0.910. The Hall–Kier alpha value is -1.82. The molecule has 2 aliphatic heterocycles. The second-order valence-corrected chi connectivity index (χ2v) is 6.78. The third kappa shape index (κ3) is 2.65. The predicted molar refractivity (Wildman–Crippen MR) is 81.6 cm³/mol. The minimum atomic E-state index is -0.624. The van der Waals surface area contributed by atoms with Gasteiger partial charge in [-0.15, -0.1) is 0 Å². The summed E-state index contributed by atoms with van der Waals surface area (Å²) in [5.41, 5.74) is 0.466. The highest BCUT2D eigenvalue weighted by Crippen LogP contribution is 2.41. The third-order valence-electron chi connectivity index (χ3n) is 5.33. The van der Waals surface area contributed by atoms with Gasteiger partial charge in [0.15, 0.2) is 0 Å². The fourth-order valence-electron chi connectivity index (χ4n) is 4.23. The van der Waals surface area contributed by atoms with Crippen molar-refractivity contribution in [2.75, 3.05) is 13.1 Å². The van der Waals surface area contributed by atoms with Gasteiger partial charge in [-0.25, -0.2) is 13.8 Å². The lowest BCUT2D eigenvalue weighted by Crippen LogP contribution is -2.33. The monoisotopic (exact) mass is 319 g/mol. The van der Waals surface area contributed by atoms with Crippen LogP contribution >= 0.6 is 0 Å². The first-order chi connectivity index (χ1) is 11.1. The lowest BCUT2D eigenvalue weighted by molar-refractivity contribution is -0.137.